The van der Waals surface area contributed by atoms with Gasteiger partial charge in [-0.2, -0.15) is 0 Å². The molecule has 2 aliphatic heterocycles. The Hall–Kier alpha value is -0.770. The van der Waals surface area contributed by atoms with Crippen molar-refractivity contribution in [2.24, 2.45) is 5.41 Å². The second-order valence-electron chi connectivity index (χ2n) is 6.12. The van der Waals surface area contributed by atoms with E-state index in [9.17, 15) is 4.79 Å². The Morgan fingerprint density at radius 1 is 1.19 bits per heavy atom. The second-order valence-corrected chi connectivity index (χ2v) is 6.55. The average molecular weight is 329 g/mol. The highest BCUT2D eigenvalue weighted by Crippen LogP contribution is 2.38. The van der Waals surface area contributed by atoms with Gasteiger partial charge in [-0.3, -0.25) is 4.79 Å². The molecule has 0 atom stereocenters. The molecule has 2 heterocycles. The van der Waals surface area contributed by atoms with Crippen molar-refractivity contribution in [3.63, 3.8) is 0 Å². The summed E-state index contributed by atoms with van der Waals surface area (Å²) < 4.78 is 0. The van der Waals surface area contributed by atoms with E-state index in [1.807, 2.05) is 24.3 Å². The average Bonchev–Trinajstić information content (AvgIpc) is 2.86. The first-order valence-electron chi connectivity index (χ1n) is 7.40. The Labute approximate surface area is 137 Å². The second kappa shape index (κ2) is 6.99. The van der Waals surface area contributed by atoms with Crippen LogP contribution in [-0.4, -0.2) is 37.0 Å². The highest BCUT2D eigenvalue weighted by atomic mass is 35.5. The Morgan fingerprint density at radius 2 is 1.86 bits per heavy atom. The van der Waals surface area contributed by atoms with Crippen molar-refractivity contribution in [3.8, 4) is 0 Å². The highest BCUT2D eigenvalue weighted by molar-refractivity contribution is 6.30. The number of hydrogen-bond acceptors (Lipinski definition) is 2. The number of carbonyl (C=O) groups is 1. The summed E-state index contributed by atoms with van der Waals surface area (Å²) in [5, 5.41) is 4.13. The lowest BCUT2D eigenvalue weighted by Crippen LogP contribution is -2.40. The molecule has 0 aliphatic carbocycles. The van der Waals surface area contributed by atoms with Crippen LogP contribution in [0.15, 0.2) is 24.3 Å². The van der Waals surface area contributed by atoms with Crippen molar-refractivity contribution in [1.82, 2.24) is 10.2 Å². The van der Waals surface area contributed by atoms with Gasteiger partial charge in [0.1, 0.15) is 0 Å². The van der Waals surface area contributed by atoms with E-state index in [0.29, 0.717) is 11.8 Å². The highest BCUT2D eigenvalue weighted by Gasteiger charge is 2.40. The smallest absolute Gasteiger partial charge is 0.227 e. The van der Waals surface area contributed by atoms with Crippen molar-refractivity contribution < 1.29 is 4.79 Å². The van der Waals surface area contributed by atoms with Crippen molar-refractivity contribution in [2.75, 3.05) is 26.2 Å². The van der Waals surface area contributed by atoms with Gasteiger partial charge in [0.15, 0.2) is 0 Å². The zero-order chi connectivity index (χ0) is 14.0. The van der Waals surface area contributed by atoms with Crippen molar-refractivity contribution >= 4 is 29.9 Å². The van der Waals surface area contributed by atoms with Crippen LogP contribution >= 0.6 is 24.0 Å². The molecule has 2 aliphatic rings. The van der Waals surface area contributed by atoms with Crippen LogP contribution in [0.2, 0.25) is 5.02 Å². The first-order chi connectivity index (χ1) is 9.67. The van der Waals surface area contributed by atoms with Crippen LogP contribution in [-0.2, 0) is 11.2 Å². The Kier molecular flexibility index (Phi) is 5.53. The monoisotopic (exact) mass is 328 g/mol. The molecule has 1 N–H and O–H groups in total. The van der Waals surface area contributed by atoms with Gasteiger partial charge in [-0.25, -0.2) is 0 Å². The van der Waals surface area contributed by atoms with E-state index in [0.717, 1.165) is 36.8 Å². The Bertz CT molecular complexity index is 484. The zero-order valence-electron chi connectivity index (χ0n) is 12.1. The minimum absolute atomic E-state index is 0. The quantitative estimate of drug-likeness (QED) is 0.905. The number of amides is 1. The van der Waals surface area contributed by atoms with Crippen molar-refractivity contribution in [3.05, 3.63) is 34.9 Å². The fourth-order valence-electron chi connectivity index (χ4n) is 3.40. The fraction of sp³-hybridized carbons (Fsp3) is 0.562. The Balaban J connectivity index is 0.00000161. The molecule has 0 saturated carbocycles. The van der Waals surface area contributed by atoms with Crippen LogP contribution in [0.4, 0.5) is 0 Å². The summed E-state index contributed by atoms with van der Waals surface area (Å²) in [6.07, 6.45) is 4.07. The lowest BCUT2D eigenvalue weighted by molar-refractivity contribution is -0.129. The largest absolute Gasteiger partial charge is 0.342 e. The van der Waals surface area contributed by atoms with Gasteiger partial charge < -0.3 is 10.2 Å². The van der Waals surface area contributed by atoms with Crippen LogP contribution in [0, 0.1) is 5.41 Å². The van der Waals surface area contributed by atoms with Gasteiger partial charge in [-0.05, 0) is 55.5 Å². The molecule has 0 radical (unpaired) electrons. The van der Waals surface area contributed by atoms with Crippen LogP contribution < -0.4 is 5.32 Å². The normalized spacial score (nSPS) is 20.3. The topological polar surface area (TPSA) is 32.3 Å². The predicted octanol–water partition coefficient (Wildman–Crippen LogP) is 2.91. The van der Waals surface area contributed by atoms with Gasteiger partial charge in [0.2, 0.25) is 5.91 Å². The number of likely N-dealkylation sites (tertiary alicyclic amines) is 1. The third kappa shape index (κ3) is 3.91. The third-order valence-electron chi connectivity index (χ3n) is 4.72. The van der Waals surface area contributed by atoms with E-state index in [-0.39, 0.29) is 18.3 Å². The van der Waals surface area contributed by atoms with Gasteiger partial charge in [-0.15, -0.1) is 12.4 Å². The maximum absolute atomic E-state index is 12.4. The SMILES string of the molecule is Cl.O=C(Cc1ccc(Cl)cc1)N1CCC2(CCNCC2)C1. The number of benzene rings is 1. The van der Waals surface area contributed by atoms with Gasteiger partial charge in [0.05, 0.1) is 6.42 Å². The van der Waals surface area contributed by atoms with Crippen LogP contribution in [0.1, 0.15) is 24.8 Å². The number of halogens is 2. The summed E-state index contributed by atoms with van der Waals surface area (Å²) >= 11 is 5.87. The molecule has 21 heavy (non-hydrogen) atoms. The van der Waals surface area contributed by atoms with Crippen LogP contribution in [0.25, 0.3) is 0 Å². The van der Waals surface area contributed by atoms with Crippen molar-refractivity contribution in [1.29, 1.82) is 0 Å². The number of nitrogens with one attached hydrogen (secondary N) is 1. The van der Waals surface area contributed by atoms with E-state index in [4.69, 9.17) is 11.6 Å². The van der Waals surface area contributed by atoms with Gasteiger partial charge >= 0.3 is 0 Å². The molecule has 2 fully saturated rings. The minimum Gasteiger partial charge on any atom is -0.342 e. The molecule has 0 bridgehead atoms. The number of hydrogen-bond donors (Lipinski definition) is 1. The summed E-state index contributed by atoms with van der Waals surface area (Å²) in [4.78, 5) is 14.5. The number of rotatable bonds is 2. The van der Waals surface area contributed by atoms with E-state index in [1.54, 1.807) is 0 Å². The number of nitrogens with zero attached hydrogens (tertiary/aromatic N) is 1. The lowest BCUT2D eigenvalue weighted by atomic mass is 9.78. The van der Waals surface area contributed by atoms with E-state index in [1.165, 1.54) is 19.3 Å². The maximum atomic E-state index is 12.4. The molecule has 1 aromatic carbocycles. The van der Waals surface area contributed by atoms with Gasteiger partial charge in [-0.1, -0.05) is 23.7 Å². The molecule has 1 aromatic rings. The summed E-state index contributed by atoms with van der Waals surface area (Å²) in [7, 11) is 0. The standard InChI is InChI=1S/C16H21ClN2O.ClH/c17-14-3-1-13(2-4-14)11-15(20)19-10-7-16(12-19)5-8-18-9-6-16;/h1-4,18H,5-12H2;1H. The Morgan fingerprint density at radius 3 is 2.52 bits per heavy atom. The number of piperidine rings is 1. The first kappa shape index (κ1) is 16.6. The molecule has 2 saturated heterocycles. The molecule has 0 aromatic heterocycles. The molecule has 3 rings (SSSR count). The van der Waals surface area contributed by atoms with E-state index < -0.39 is 0 Å². The van der Waals surface area contributed by atoms with Gasteiger partial charge in [0.25, 0.3) is 0 Å². The molecule has 0 unspecified atom stereocenters. The molecular weight excluding hydrogens is 307 g/mol. The van der Waals surface area contributed by atoms with Crippen LogP contribution in [0.3, 0.4) is 0 Å². The summed E-state index contributed by atoms with van der Waals surface area (Å²) in [5.41, 5.74) is 1.44. The zero-order valence-corrected chi connectivity index (χ0v) is 13.7. The van der Waals surface area contributed by atoms with E-state index >= 15 is 0 Å². The fourth-order valence-corrected chi connectivity index (χ4v) is 3.53. The van der Waals surface area contributed by atoms with Crippen molar-refractivity contribution in [2.45, 2.75) is 25.7 Å². The lowest BCUT2D eigenvalue weighted by Gasteiger charge is -2.33. The minimum atomic E-state index is 0. The third-order valence-corrected chi connectivity index (χ3v) is 4.98. The maximum Gasteiger partial charge on any atom is 0.227 e. The van der Waals surface area contributed by atoms with Crippen LogP contribution in [0.5, 0.6) is 0 Å². The summed E-state index contributed by atoms with van der Waals surface area (Å²) in [5.74, 6) is 0.253. The summed E-state index contributed by atoms with van der Waals surface area (Å²) in [6.45, 7) is 4.06. The molecule has 1 amide bonds. The molecule has 1 spiro atoms. The molecule has 5 heteroatoms. The molecule has 116 valence electrons. The van der Waals surface area contributed by atoms with Gasteiger partial charge in [0, 0.05) is 18.1 Å². The predicted molar refractivity (Wildman–Crippen MR) is 88.1 cm³/mol. The number of carbonyl (C=O) groups excluding carboxylic acids is 1. The van der Waals surface area contributed by atoms with E-state index in [2.05, 4.69) is 10.2 Å². The summed E-state index contributed by atoms with van der Waals surface area (Å²) in [6, 6.07) is 7.58. The molecular formula is C16H22Cl2N2O. The first-order valence-corrected chi connectivity index (χ1v) is 7.78. The molecule has 3 nitrogen and oxygen atoms in total.